The Bertz CT molecular complexity index is 1410. The van der Waals surface area contributed by atoms with Gasteiger partial charge in [0.25, 0.3) is 0 Å². The number of benzene rings is 2. The second kappa shape index (κ2) is 9.49. The topological polar surface area (TPSA) is 94.3 Å². The second-order valence-corrected chi connectivity index (χ2v) is 11.5. The first-order valence-electron chi connectivity index (χ1n) is 11.6. The highest BCUT2D eigenvalue weighted by Crippen LogP contribution is 2.37. The maximum absolute atomic E-state index is 14.4. The number of anilines is 2. The molecule has 192 valence electrons. The van der Waals surface area contributed by atoms with Crippen LogP contribution in [0.25, 0.3) is 5.69 Å². The minimum atomic E-state index is -2.82. The third-order valence-electron chi connectivity index (χ3n) is 6.75. The average molecular weight is 533 g/mol. The number of halogens is 2. The second-order valence-electron chi connectivity index (χ2n) is 9.34. The molecule has 0 radical (unpaired) electrons. The van der Waals surface area contributed by atoms with Gasteiger partial charge in [-0.3, -0.25) is 9.80 Å². The first-order valence-corrected chi connectivity index (χ1v) is 13.6. The first kappa shape index (κ1) is 26.1. The quantitative estimate of drug-likeness (QED) is 0.507. The molecule has 0 bridgehead atoms. The van der Waals surface area contributed by atoms with Crippen LogP contribution in [0.4, 0.5) is 20.7 Å². The van der Waals surface area contributed by atoms with Crippen molar-refractivity contribution in [1.82, 2.24) is 15.1 Å². The van der Waals surface area contributed by atoms with E-state index in [1.807, 2.05) is 0 Å². The van der Waals surface area contributed by atoms with Gasteiger partial charge in [-0.25, -0.2) is 22.9 Å². The Kier molecular flexibility index (Phi) is 6.89. The van der Waals surface area contributed by atoms with Gasteiger partial charge in [-0.15, -0.1) is 12.4 Å². The number of carbonyl (C=O) groups excluding carboxylic acids is 1. The van der Waals surface area contributed by atoms with Crippen molar-refractivity contribution in [2.75, 3.05) is 35.7 Å². The fourth-order valence-electron chi connectivity index (χ4n) is 4.95. The van der Waals surface area contributed by atoms with Crippen LogP contribution in [0.1, 0.15) is 35.3 Å². The zero-order chi connectivity index (χ0) is 25.1. The maximum Gasteiger partial charge on any atom is 0.330 e. The molecule has 0 spiro atoms. The monoisotopic (exact) mass is 532 g/mol. The minimum Gasteiger partial charge on any atom is -0.310 e. The lowest BCUT2D eigenvalue weighted by atomic mass is 10.0. The number of rotatable bonds is 4. The number of aryl methyl sites for hydroxylation is 2. The van der Waals surface area contributed by atoms with Crippen molar-refractivity contribution >= 4 is 39.7 Å². The molecule has 36 heavy (non-hydrogen) atoms. The fraction of sp³-hybridized carbons (Fsp3) is 0.360. The van der Waals surface area contributed by atoms with E-state index in [2.05, 4.69) is 12.2 Å². The Morgan fingerprint density at radius 2 is 1.69 bits per heavy atom. The van der Waals surface area contributed by atoms with Crippen LogP contribution in [0.5, 0.6) is 0 Å². The lowest BCUT2D eigenvalue weighted by Gasteiger charge is -2.25. The molecule has 3 aromatic rings. The zero-order valence-electron chi connectivity index (χ0n) is 20.7. The van der Waals surface area contributed by atoms with E-state index in [1.165, 1.54) is 6.26 Å². The van der Waals surface area contributed by atoms with Gasteiger partial charge in [0.1, 0.15) is 11.6 Å². The summed E-state index contributed by atoms with van der Waals surface area (Å²) in [6.07, 6.45) is 2.12. The van der Waals surface area contributed by atoms with Gasteiger partial charge in [0.15, 0.2) is 0 Å². The summed E-state index contributed by atoms with van der Waals surface area (Å²) in [7, 11) is -2.82. The van der Waals surface area contributed by atoms with Crippen LogP contribution in [0.3, 0.4) is 0 Å². The Morgan fingerprint density at radius 1 is 1.08 bits per heavy atom. The lowest BCUT2D eigenvalue weighted by molar-refractivity contribution is 0.255. The molecule has 2 atom stereocenters. The Labute approximate surface area is 216 Å². The number of urea groups is 1. The van der Waals surface area contributed by atoms with E-state index < -0.39 is 9.73 Å². The SMILES string of the molecule is Cc1cc(-n2nc3c(c2N2CCN(c4ccc(S(C)(=N)=O)cc4)C2=O)[C@H](C)NCC3)cc(C)c1F.Cl. The molecule has 2 aliphatic rings. The zero-order valence-corrected chi connectivity index (χ0v) is 22.3. The summed E-state index contributed by atoms with van der Waals surface area (Å²) in [6, 6.07) is 10.1. The molecular formula is C25H30ClFN6O2S. The van der Waals surface area contributed by atoms with Crippen molar-refractivity contribution in [2.24, 2.45) is 0 Å². The van der Waals surface area contributed by atoms with Gasteiger partial charge >= 0.3 is 6.03 Å². The summed E-state index contributed by atoms with van der Waals surface area (Å²) < 4.78 is 36.0. The third-order valence-corrected chi connectivity index (χ3v) is 7.92. The average Bonchev–Trinajstić information content (AvgIpc) is 3.37. The van der Waals surface area contributed by atoms with Crippen molar-refractivity contribution in [2.45, 2.75) is 38.1 Å². The standard InChI is InChI=1S/C25H29FN6O2S.ClH/c1-15-13-19(14-16(2)23(15)26)32-24(22-17(3)28-10-9-21(22)29-32)31-12-11-30(25(31)33)18-5-7-20(8-6-18)35(4,27)34;/h5-8,13-14,17,27-28H,9-12H2,1-4H3;1H/t17-,35?;/m0./s1. The first-order chi connectivity index (χ1) is 16.6. The molecule has 1 saturated heterocycles. The van der Waals surface area contributed by atoms with Crippen LogP contribution in [0.15, 0.2) is 41.3 Å². The molecule has 0 aliphatic carbocycles. The lowest BCUT2D eigenvalue weighted by Crippen LogP contribution is -2.35. The van der Waals surface area contributed by atoms with E-state index in [0.29, 0.717) is 40.6 Å². The van der Waals surface area contributed by atoms with E-state index >= 15 is 0 Å². The van der Waals surface area contributed by atoms with Crippen LogP contribution >= 0.6 is 12.4 Å². The number of hydrogen-bond acceptors (Lipinski definition) is 5. The predicted molar refractivity (Wildman–Crippen MR) is 142 cm³/mol. The van der Waals surface area contributed by atoms with Crippen LogP contribution in [-0.4, -0.2) is 45.9 Å². The molecule has 2 N–H and O–H groups in total. The van der Waals surface area contributed by atoms with Crippen molar-refractivity contribution in [3.8, 4) is 5.69 Å². The minimum absolute atomic E-state index is 0. The highest BCUT2D eigenvalue weighted by atomic mass is 35.5. The van der Waals surface area contributed by atoms with Gasteiger partial charge in [-0.2, -0.15) is 5.10 Å². The van der Waals surface area contributed by atoms with E-state index in [9.17, 15) is 13.4 Å². The fourth-order valence-corrected chi connectivity index (χ4v) is 5.60. The Hall–Kier alpha value is -2.95. The van der Waals surface area contributed by atoms with Gasteiger partial charge in [0, 0.05) is 54.5 Å². The molecule has 1 unspecified atom stereocenters. The summed E-state index contributed by atoms with van der Waals surface area (Å²) in [6.45, 7) is 7.27. The van der Waals surface area contributed by atoms with Crippen molar-refractivity contribution in [3.63, 3.8) is 0 Å². The third kappa shape index (κ3) is 4.38. The van der Waals surface area contributed by atoms with E-state index in [1.54, 1.807) is 64.7 Å². The van der Waals surface area contributed by atoms with Crippen LogP contribution in [0.2, 0.25) is 0 Å². The molecule has 3 heterocycles. The normalized spacial score (nSPS) is 19.1. The molecular weight excluding hydrogens is 503 g/mol. The smallest absolute Gasteiger partial charge is 0.310 e. The molecule has 2 amide bonds. The molecule has 1 fully saturated rings. The summed E-state index contributed by atoms with van der Waals surface area (Å²) in [5.74, 6) is 0.467. The molecule has 11 heteroatoms. The van der Waals surface area contributed by atoms with Crippen LogP contribution in [0, 0.1) is 24.4 Å². The number of nitrogens with one attached hydrogen (secondary N) is 2. The number of fused-ring (bicyclic) bond motifs is 1. The molecule has 8 nitrogen and oxygen atoms in total. The summed E-state index contributed by atoms with van der Waals surface area (Å²) in [5.41, 5.74) is 4.39. The summed E-state index contributed by atoms with van der Waals surface area (Å²) in [4.78, 5) is 17.5. The van der Waals surface area contributed by atoms with Gasteiger partial charge in [-0.05, 0) is 68.3 Å². The van der Waals surface area contributed by atoms with Gasteiger partial charge in [-0.1, -0.05) is 0 Å². The number of nitrogens with zero attached hydrogens (tertiary/aromatic N) is 4. The molecule has 2 aromatic carbocycles. The number of aromatic nitrogens is 2. The van der Waals surface area contributed by atoms with Crippen molar-refractivity contribution in [1.29, 1.82) is 4.78 Å². The highest BCUT2D eigenvalue weighted by molar-refractivity contribution is 7.91. The van der Waals surface area contributed by atoms with Crippen LogP contribution in [-0.2, 0) is 16.1 Å². The largest absolute Gasteiger partial charge is 0.330 e. The van der Waals surface area contributed by atoms with E-state index in [4.69, 9.17) is 9.88 Å². The summed E-state index contributed by atoms with van der Waals surface area (Å²) >= 11 is 0. The van der Waals surface area contributed by atoms with Crippen molar-refractivity contribution < 1.29 is 13.4 Å². The Morgan fingerprint density at radius 3 is 2.31 bits per heavy atom. The molecule has 5 rings (SSSR count). The highest BCUT2D eigenvalue weighted by Gasteiger charge is 2.38. The molecule has 0 saturated carbocycles. The van der Waals surface area contributed by atoms with Crippen LogP contribution < -0.4 is 15.1 Å². The predicted octanol–water partition coefficient (Wildman–Crippen LogP) is 4.74. The summed E-state index contributed by atoms with van der Waals surface area (Å²) in [5, 5.41) is 8.35. The molecule has 2 aliphatic heterocycles. The van der Waals surface area contributed by atoms with Gasteiger partial charge in [0.2, 0.25) is 0 Å². The van der Waals surface area contributed by atoms with Gasteiger partial charge < -0.3 is 5.32 Å². The maximum atomic E-state index is 14.4. The Balaban J connectivity index is 0.00000304. The molecule has 1 aromatic heterocycles. The number of hydrogen-bond donors (Lipinski definition) is 2. The van der Waals surface area contributed by atoms with E-state index in [-0.39, 0.29) is 30.3 Å². The van der Waals surface area contributed by atoms with E-state index in [0.717, 1.165) is 29.9 Å². The van der Waals surface area contributed by atoms with Crippen molar-refractivity contribution in [3.05, 3.63) is 64.6 Å². The number of carbonyl (C=O) groups is 1. The number of amides is 2. The van der Waals surface area contributed by atoms with Gasteiger partial charge in [0.05, 0.1) is 21.1 Å².